The molecule has 1 heterocycles. The Bertz CT molecular complexity index is 816. The van der Waals surface area contributed by atoms with Gasteiger partial charge >= 0.3 is 6.09 Å². The van der Waals surface area contributed by atoms with Crippen LogP contribution < -0.4 is 14.5 Å². The van der Waals surface area contributed by atoms with Crippen molar-refractivity contribution in [2.45, 2.75) is 13.8 Å². The molecule has 28 heavy (non-hydrogen) atoms. The molecule has 3 rings (SSSR count). The van der Waals surface area contributed by atoms with Gasteiger partial charge in [-0.05, 0) is 43.2 Å². The highest BCUT2D eigenvalue weighted by atomic mass is 16.5. The predicted octanol–water partition coefficient (Wildman–Crippen LogP) is 3.62. The molecule has 6 nitrogen and oxygen atoms in total. The quantitative estimate of drug-likeness (QED) is 0.826. The summed E-state index contributed by atoms with van der Waals surface area (Å²) in [6.07, 6.45) is -0.960. The van der Waals surface area contributed by atoms with Crippen molar-refractivity contribution in [2.24, 2.45) is 0 Å². The molecule has 2 aromatic rings. The smallest absolute Gasteiger partial charge is 0.411 e. The van der Waals surface area contributed by atoms with Crippen molar-refractivity contribution < 1.29 is 14.6 Å². The highest BCUT2D eigenvalue weighted by Gasteiger charge is 2.22. The number of nitrogens with zero attached hydrogens (tertiary/aromatic N) is 3. The monoisotopic (exact) mass is 383 g/mol. The Morgan fingerprint density at radius 3 is 2.50 bits per heavy atom. The van der Waals surface area contributed by atoms with E-state index in [-0.39, 0.29) is 0 Å². The molecular formula is C22H29N3O3. The third-order valence-corrected chi connectivity index (χ3v) is 5.32. The van der Waals surface area contributed by atoms with Gasteiger partial charge in [0.05, 0.1) is 12.8 Å². The number of hydrogen-bond donors (Lipinski definition) is 1. The van der Waals surface area contributed by atoms with E-state index in [1.807, 2.05) is 12.1 Å². The average molecular weight is 383 g/mol. The summed E-state index contributed by atoms with van der Waals surface area (Å²) in [5.74, 6) is 0.574. The third kappa shape index (κ3) is 4.57. The lowest BCUT2D eigenvalue weighted by atomic mass is 10.1. The zero-order chi connectivity index (χ0) is 20.1. The summed E-state index contributed by atoms with van der Waals surface area (Å²) in [5.41, 5.74) is 4.47. The van der Waals surface area contributed by atoms with Gasteiger partial charge in [0.2, 0.25) is 0 Å². The number of para-hydroxylation sites is 2. The predicted molar refractivity (Wildman–Crippen MR) is 113 cm³/mol. The van der Waals surface area contributed by atoms with Crippen molar-refractivity contribution in [1.82, 2.24) is 4.90 Å². The van der Waals surface area contributed by atoms with Crippen molar-refractivity contribution in [3.63, 3.8) is 0 Å². The first kappa shape index (κ1) is 20.0. The first-order valence-corrected chi connectivity index (χ1v) is 9.67. The molecule has 6 heteroatoms. The van der Waals surface area contributed by atoms with Crippen LogP contribution in [0.15, 0.2) is 42.5 Å². The number of carboxylic acid groups (broad SMARTS) is 1. The highest BCUT2D eigenvalue weighted by Crippen LogP contribution is 2.28. The molecule has 0 atom stereocenters. The average Bonchev–Trinajstić information content (AvgIpc) is 2.70. The molecule has 0 aliphatic carbocycles. The van der Waals surface area contributed by atoms with E-state index >= 15 is 0 Å². The Labute approximate surface area is 166 Å². The van der Waals surface area contributed by atoms with Crippen molar-refractivity contribution in [3.8, 4) is 5.75 Å². The van der Waals surface area contributed by atoms with Crippen LogP contribution in [-0.2, 0) is 0 Å². The SMILES string of the molecule is COc1ccccc1N(CCN1CCN(c2cc(C)ccc2C)CC1)C(=O)O. The maximum atomic E-state index is 11.8. The van der Waals surface area contributed by atoms with E-state index < -0.39 is 6.09 Å². The minimum Gasteiger partial charge on any atom is -0.495 e. The molecular weight excluding hydrogens is 354 g/mol. The van der Waals surface area contributed by atoms with Crippen LogP contribution in [0.3, 0.4) is 0 Å². The van der Waals surface area contributed by atoms with Gasteiger partial charge in [-0.2, -0.15) is 0 Å². The molecule has 0 saturated carbocycles. The second-order valence-corrected chi connectivity index (χ2v) is 7.22. The van der Waals surface area contributed by atoms with Gasteiger partial charge in [-0.3, -0.25) is 9.80 Å². The Kier molecular flexibility index (Phi) is 6.41. The highest BCUT2D eigenvalue weighted by molar-refractivity contribution is 5.88. The Hall–Kier alpha value is -2.73. The molecule has 0 spiro atoms. The van der Waals surface area contributed by atoms with Crippen LogP contribution in [0.5, 0.6) is 5.75 Å². The van der Waals surface area contributed by atoms with Gasteiger partial charge in [0, 0.05) is 45.0 Å². The zero-order valence-electron chi connectivity index (χ0n) is 16.9. The van der Waals surface area contributed by atoms with Crippen LogP contribution in [0, 0.1) is 13.8 Å². The van der Waals surface area contributed by atoms with E-state index in [0.717, 1.165) is 26.2 Å². The molecule has 150 valence electrons. The Morgan fingerprint density at radius 1 is 1.11 bits per heavy atom. The number of ether oxygens (including phenoxy) is 1. The molecule has 1 fully saturated rings. The normalized spacial score (nSPS) is 14.8. The number of piperazine rings is 1. The third-order valence-electron chi connectivity index (χ3n) is 5.32. The fourth-order valence-electron chi connectivity index (χ4n) is 3.69. The van der Waals surface area contributed by atoms with Crippen molar-refractivity contribution in [2.75, 3.05) is 56.2 Å². The number of aryl methyl sites for hydroxylation is 2. The fourth-order valence-corrected chi connectivity index (χ4v) is 3.69. The van der Waals surface area contributed by atoms with Gasteiger partial charge in [0.1, 0.15) is 5.75 Å². The Morgan fingerprint density at radius 2 is 1.82 bits per heavy atom. The van der Waals surface area contributed by atoms with Crippen molar-refractivity contribution in [3.05, 3.63) is 53.6 Å². The Balaban J connectivity index is 1.59. The van der Waals surface area contributed by atoms with Crippen LogP contribution in [0.25, 0.3) is 0 Å². The number of amides is 1. The first-order valence-electron chi connectivity index (χ1n) is 9.67. The van der Waals surface area contributed by atoms with Gasteiger partial charge in [0.25, 0.3) is 0 Å². The van der Waals surface area contributed by atoms with Gasteiger partial charge < -0.3 is 14.7 Å². The summed E-state index contributed by atoms with van der Waals surface area (Å²) in [7, 11) is 1.56. The van der Waals surface area contributed by atoms with Gasteiger partial charge in [0.15, 0.2) is 0 Å². The molecule has 2 aromatic carbocycles. The van der Waals surface area contributed by atoms with E-state index in [1.165, 1.54) is 21.7 Å². The first-order chi connectivity index (χ1) is 13.5. The van der Waals surface area contributed by atoms with Crippen LogP contribution in [0.1, 0.15) is 11.1 Å². The second kappa shape index (κ2) is 8.97. The lowest BCUT2D eigenvalue weighted by Crippen LogP contribution is -2.49. The fraction of sp³-hybridized carbons (Fsp3) is 0.409. The van der Waals surface area contributed by atoms with E-state index in [9.17, 15) is 9.90 Å². The molecule has 1 N–H and O–H groups in total. The van der Waals surface area contributed by atoms with Crippen LogP contribution in [0.2, 0.25) is 0 Å². The lowest BCUT2D eigenvalue weighted by Gasteiger charge is -2.37. The minimum atomic E-state index is -0.960. The number of benzene rings is 2. The van der Waals surface area contributed by atoms with Crippen LogP contribution >= 0.6 is 0 Å². The molecule has 1 aliphatic rings. The van der Waals surface area contributed by atoms with Gasteiger partial charge in [-0.25, -0.2) is 4.79 Å². The molecule has 0 radical (unpaired) electrons. The number of rotatable bonds is 6. The van der Waals surface area contributed by atoms with Crippen LogP contribution in [-0.4, -0.2) is 62.5 Å². The maximum absolute atomic E-state index is 11.8. The van der Waals surface area contributed by atoms with Crippen LogP contribution in [0.4, 0.5) is 16.2 Å². The molecule has 1 aliphatic heterocycles. The summed E-state index contributed by atoms with van der Waals surface area (Å²) >= 11 is 0. The van der Waals surface area contributed by atoms with Gasteiger partial charge in [-0.1, -0.05) is 24.3 Å². The zero-order valence-corrected chi connectivity index (χ0v) is 16.9. The molecule has 0 aromatic heterocycles. The summed E-state index contributed by atoms with van der Waals surface area (Å²) in [6.45, 7) is 9.14. The standard InChI is InChI=1S/C22H29N3O3/c1-17-8-9-18(2)20(16-17)24-13-10-23(11-14-24)12-15-25(22(26)27)19-6-4-5-7-21(19)28-3/h4-9,16H,10-15H2,1-3H3,(H,26,27). The van der Waals surface area contributed by atoms with E-state index in [4.69, 9.17) is 4.74 Å². The summed E-state index contributed by atoms with van der Waals surface area (Å²) in [4.78, 5) is 17.9. The number of hydrogen-bond acceptors (Lipinski definition) is 4. The van der Waals surface area contributed by atoms with E-state index in [1.54, 1.807) is 19.2 Å². The molecule has 1 saturated heterocycles. The topological polar surface area (TPSA) is 56.2 Å². The van der Waals surface area contributed by atoms with E-state index in [0.29, 0.717) is 24.5 Å². The molecule has 1 amide bonds. The van der Waals surface area contributed by atoms with E-state index in [2.05, 4.69) is 41.8 Å². The van der Waals surface area contributed by atoms with Crippen molar-refractivity contribution in [1.29, 1.82) is 0 Å². The maximum Gasteiger partial charge on any atom is 0.411 e. The second-order valence-electron chi connectivity index (χ2n) is 7.22. The minimum absolute atomic E-state index is 0.416. The largest absolute Gasteiger partial charge is 0.495 e. The number of carbonyl (C=O) groups is 1. The molecule has 0 bridgehead atoms. The summed E-state index contributed by atoms with van der Waals surface area (Å²) in [5, 5.41) is 9.67. The lowest BCUT2D eigenvalue weighted by molar-refractivity contribution is 0.198. The van der Waals surface area contributed by atoms with Gasteiger partial charge in [-0.15, -0.1) is 0 Å². The number of methoxy groups -OCH3 is 1. The molecule has 0 unspecified atom stereocenters. The van der Waals surface area contributed by atoms with Crippen molar-refractivity contribution >= 4 is 17.5 Å². The summed E-state index contributed by atoms with van der Waals surface area (Å²) < 4.78 is 5.33. The summed E-state index contributed by atoms with van der Waals surface area (Å²) in [6, 6.07) is 13.8. The number of anilines is 2.